The molecule has 0 aromatic heterocycles. The van der Waals surface area contributed by atoms with E-state index in [0.29, 0.717) is 24.1 Å². The van der Waals surface area contributed by atoms with Crippen LogP contribution in [0.5, 0.6) is 0 Å². The molecule has 0 radical (unpaired) electrons. The Kier molecular flexibility index (Phi) is 3.83. The fourth-order valence-electron chi connectivity index (χ4n) is 2.51. The molecule has 5 heteroatoms. The number of likely N-dealkylation sites (tertiary alicyclic amines) is 1. The monoisotopic (exact) mass is 265 g/mol. The minimum Gasteiger partial charge on any atom is -0.481 e. The number of nitrogens with zero attached hydrogens (tertiary/aromatic N) is 1. The predicted molar refractivity (Wildman–Crippen MR) is 67.4 cm³/mol. The summed E-state index contributed by atoms with van der Waals surface area (Å²) in [4.78, 5) is 24.7. The minimum atomic E-state index is -0.916. The van der Waals surface area contributed by atoms with Gasteiger partial charge in [-0.1, -0.05) is 6.07 Å². The Labute approximate surface area is 110 Å². The maximum absolute atomic E-state index is 13.5. The van der Waals surface area contributed by atoms with Crippen LogP contribution >= 0.6 is 0 Å². The molecule has 0 bridgehead atoms. The van der Waals surface area contributed by atoms with E-state index < -0.39 is 11.8 Å². The van der Waals surface area contributed by atoms with Gasteiger partial charge in [-0.3, -0.25) is 9.59 Å². The van der Waals surface area contributed by atoms with Crippen LogP contribution in [0.25, 0.3) is 0 Å². The van der Waals surface area contributed by atoms with Crippen molar-refractivity contribution in [3.8, 4) is 0 Å². The summed E-state index contributed by atoms with van der Waals surface area (Å²) < 4.78 is 13.5. The molecule has 2 rings (SSSR count). The number of hydrogen-bond donors (Lipinski definition) is 1. The fourth-order valence-corrected chi connectivity index (χ4v) is 2.51. The Morgan fingerprint density at radius 2 is 2.21 bits per heavy atom. The molecule has 1 fully saturated rings. The van der Waals surface area contributed by atoms with E-state index in [1.165, 1.54) is 12.1 Å². The Bertz CT molecular complexity index is 515. The van der Waals surface area contributed by atoms with Gasteiger partial charge < -0.3 is 10.0 Å². The molecule has 19 heavy (non-hydrogen) atoms. The van der Waals surface area contributed by atoms with Crippen LogP contribution in [0.3, 0.4) is 0 Å². The quantitative estimate of drug-likeness (QED) is 0.911. The summed E-state index contributed by atoms with van der Waals surface area (Å²) in [6.45, 7) is 2.09. The highest BCUT2D eigenvalue weighted by atomic mass is 19.1. The fraction of sp³-hybridized carbons (Fsp3) is 0.429. The lowest BCUT2D eigenvalue weighted by molar-refractivity contribution is -0.137. The molecule has 0 aliphatic carbocycles. The van der Waals surface area contributed by atoms with Crippen molar-refractivity contribution in [2.24, 2.45) is 0 Å². The van der Waals surface area contributed by atoms with E-state index in [4.69, 9.17) is 5.11 Å². The van der Waals surface area contributed by atoms with Gasteiger partial charge in [-0.2, -0.15) is 0 Å². The number of benzene rings is 1. The van der Waals surface area contributed by atoms with Crippen LogP contribution in [0.1, 0.15) is 35.2 Å². The number of carboxylic acids is 1. The van der Waals surface area contributed by atoms with E-state index in [1.54, 1.807) is 17.9 Å². The van der Waals surface area contributed by atoms with E-state index in [0.717, 1.165) is 6.42 Å². The first kappa shape index (κ1) is 13.5. The molecule has 1 unspecified atom stereocenters. The Morgan fingerprint density at radius 1 is 1.47 bits per heavy atom. The molecule has 0 saturated carbocycles. The van der Waals surface area contributed by atoms with Gasteiger partial charge in [0.2, 0.25) is 0 Å². The highest BCUT2D eigenvalue weighted by Gasteiger charge is 2.31. The SMILES string of the molecule is Cc1c(F)cccc1C(=O)N1CCCC1CC(=O)O. The molecule has 4 nitrogen and oxygen atoms in total. The number of carbonyl (C=O) groups is 2. The second kappa shape index (κ2) is 5.38. The van der Waals surface area contributed by atoms with E-state index in [9.17, 15) is 14.0 Å². The van der Waals surface area contributed by atoms with Crippen LogP contribution in [0.4, 0.5) is 4.39 Å². The molecule has 1 aromatic rings. The molecule has 1 atom stereocenters. The summed E-state index contributed by atoms with van der Waals surface area (Å²) in [6.07, 6.45) is 1.42. The number of hydrogen-bond acceptors (Lipinski definition) is 2. The van der Waals surface area contributed by atoms with Crippen molar-refractivity contribution < 1.29 is 19.1 Å². The molecule has 1 N–H and O–H groups in total. The molecular formula is C14H16FNO3. The Morgan fingerprint density at radius 3 is 2.89 bits per heavy atom. The maximum Gasteiger partial charge on any atom is 0.305 e. The van der Waals surface area contributed by atoms with Crippen LogP contribution in [-0.4, -0.2) is 34.5 Å². The van der Waals surface area contributed by atoms with Gasteiger partial charge in [-0.05, 0) is 37.5 Å². The molecule has 1 amide bonds. The van der Waals surface area contributed by atoms with Crippen molar-refractivity contribution in [2.75, 3.05) is 6.54 Å². The summed E-state index contributed by atoms with van der Waals surface area (Å²) >= 11 is 0. The maximum atomic E-state index is 13.5. The van der Waals surface area contributed by atoms with Gasteiger partial charge in [0.25, 0.3) is 5.91 Å². The second-order valence-corrected chi connectivity index (χ2v) is 4.80. The lowest BCUT2D eigenvalue weighted by atomic mass is 10.1. The van der Waals surface area contributed by atoms with Gasteiger partial charge in [0.1, 0.15) is 5.82 Å². The second-order valence-electron chi connectivity index (χ2n) is 4.80. The van der Waals surface area contributed by atoms with E-state index in [1.807, 2.05) is 0 Å². The largest absolute Gasteiger partial charge is 0.481 e. The van der Waals surface area contributed by atoms with Gasteiger partial charge >= 0.3 is 5.97 Å². The number of aliphatic carboxylic acids is 1. The van der Waals surface area contributed by atoms with E-state index in [2.05, 4.69) is 0 Å². The lowest BCUT2D eigenvalue weighted by Crippen LogP contribution is -2.37. The van der Waals surface area contributed by atoms with Gasteiger partial charge in [-0.15, -0.1) is 0 Å². The number of rotatable bonds is 3. The number of carboxylic acid groups (broad SMARTS) is 1. The van der Waals surface area contributed by atoms with Crippen molar-refractivity contribution in [3.05, 3.63) is 35.1 Å². The predicted octanol–water partition coefficient (Wildman–Crippen LogP) is 2.21. The summed E-state index contributed by atoms with van der Waals surface area (Å²) in [5.41, 5.74) is 0.630. The zero-order valence-corrected chi connectivity index (χ0v) is 10.7. The highest BCUT2D eigenvalue weighted by molar-refractivity contribution is 5.96. The molecule has 1 aliphatic heterocycles. The summed E-state index contributed by atoms with van der Waals surface area (Å²) in [6, 6.07) is 4.10. The number of amides is 1. The van der Waals surface area contributed by atoms with Crippen molar-refractivity contribution in [2.45, 2.75) is 32.2 Å². The van der Waals surface area contributed by atoms with Crippen LogP contribution in [0.15, 0.2) is 18.2 Å². The first-order valence-corrected chi connectivity index (χ1v) is 6.28. The molecule has 1 aromatic carbocycles. The number of carbonyl (C=O) groups excluding carboxylic acids is 1. The third-order valence-corrected chi connectivity index (χ3v) is 3.55. The number of halogens is 1. The standard InChI is InChI=1S/C14H16FNO3/c1-9-11(5-2-6-12(9)15)14(19)16-7-3-4-10(16)8-13(17)18/h2,5-6,10H,3-4,7-8H2,1H3,(H,17,18). The highest BCUT2D eigenvalue weighted by Crippen LogP contribution is 2.24. The van der Waals surface area contributed by atoms with Crippen molar-refractivity contribution in [1.82, 2.24) is 4.90 Å². The topological polar surface area (TPSA) is 57.6 Å². The first-order chi connectivity index (χ1) is 9.00. The third-order valence-electron chi connectivity index (χ3n) is 3.55. The van der Waals surface area contributed by atoms with Crippen molar-refractivity contribution >= 4 is 11.9 Å². The van der Waals surface area contributed by atoms with Gasteiger partial charge in [0, 0.05) is 18.2 Å². The van der Waals surface area contributed by atoms with Crippen LogP contribution in [0.2, 0.25) is 0 Å². The van der Waals surface area contributed by atoms with Crippen molar-refractivity contribution in [3.63, 3.8) is 0 Å². The summed E-state index contributed by atoms with van der Waals surface area (Å²) in [5.74, 6) is -1.61. The van der Waals surface area contributed by atoms with E-state index in [-0.39, 0.29) is 18.4 Å². The van der Waals surface area contributed by atoms with Gasteiger partial charge in [0.05, 0.1) is 6.42 Å². The molecule has 102 valence electrons. The summed E-state index contributed by atoms with van der Waals surface area (Å²) in [5, 5.41) is 8.84. The lowest BCUT2D eigenvalue weighted by Gasteiger charge is -2.24. The van der Waals surface area contributed by atoms with Crippen LogP contribution in [-0.2, 0) is 4.79 Å². The van der Waals surface area contributed by atoms with Gasteiger partial charge in [-0.25, -0.2) is 4.39 Å². The zero-order chi connectivity index (χ0) is 14.0. The van der Waals surface area contributed by atoms with Crippen LogP contribution in [0, 0.1) is 12.7 Å². The van der Waals surface area contributed by atoms with Crippen molar-refractivity contribution in [1.29, 1.82) is 0 Å². The zero-order valence-electron chi connectivity index (χ0n) is 10.7. The smallest absolute Gasteiger partial charge is 0.305 e. The molecular weight excluding hydrogens is 249 g/mol. The molecule has 1 heterocycles. The van der Waals surface area contributed by atoms with E-state index >= 15 is 0 Å². The molecule has 1 saturated heterocycles. The van der Waals surface area contributed by atoms with Gasteiger partial charge in [0.15, 0.2) is 0 Å². The molecule has 1 aliphatic rings. The first-order valence-electron chi connectivity index (χ1n) is 6.28. The Hall–Kier alpha value is -1.91. The average molecular weight is 265 g/mol. The summed E-state index contributed by atoms with van der Waals surface area (Å²) in [7, 11) is 0. The van der Waals surface area contributed by atoms with Crippen LogP contribution < -0.4 is 0 Å². The minimum absolute atomic E-state index is 0.0555. The normalized spacial score (nSPS) is 18.6. The Balaban J connectivity index is 2.23. The molecule has 0 spiro atoms. The average Bonchev–Trinajstić information content (AvgIpc) is 2.79. The third kappa shape index (κ3) is 2.75.